The number of pyridine rings is 1. The minimum atomic E-state index is -4.89. The first-order valence-electron chi connectivity index (χ1n) is 19.0. The van der Waals surface area contributed by atoms with Gasteiger partial charge in [-0.15, -0.1) is 0 Å². The number of sulfonamides is 1. The normalized spacial score (nSPS) is 29.7. The van der Waals surface area contributed by atoms with Crippen molar-refractivity contribution in [2.24, 2.45) is 17.8 Å². The fraction of sp³-hybridized carbons (Fsp3) is 0.605. The highest BCUT2D eigenvalue weighted by Gasteiger charge is 2.64. The molecule has 1 saturated heterocycles. The molecule has 318 valence electrons. The van der Waals surface area contributed by atoms with Gasteiger partial charge >= 0.3 is 12.3 Å². The molecule has 2 saturated carbocycles. The Morgan fingerprint density at radius 2 is 1.86 bits per heavy atom. The van der Waals surface area contributed by atoms with Crippen molar-refractivity contribution in [2.75, 3.05) is 20.3 Å². The Hall–Kier alpha value is -4.75. The molecule has 0 radical (unpaired) electrons. The smallest absolute Gasteiger partial charge is 0.425 e. The summed E-state index contributed by atoms with van der Waals surface area (Å²) in [6.07, 6.45) is -4.03. The predicted octanol–water partition coefficient (Wildman–Crippen LogP) is 4.61. The van der Waals surface area contributed by atoms with Crippen LogP contribution in [0.3, 0.4) is 0 Å². The zero-order chi connectivity index (χ0) is 42.4. The van der Waals surface area contributed by atoms with Crippen LogP contribution in [0.5, 0.6) is 11.6 Å². The molecular formula is C38H46F5N5O9S. The van der Waals surface area contributed by atoms with Gasteiger partial charge in [0.1, 0.15) is 46.7 Å². The number of methoxy groups -OCH3 is 1. The quantitative estimate of drug-likeness (QED) is 0.238. The van der Waals surface area contributed by atoms with E-state index in [4.69, 9.17) is 9.47 Å². The van der Waals surface area contributed by atoms with Crippen molar-refractivity contribution in [2.45, 2.75) is 106 Å². The summed E-state index contributed by atoms with van der Waals surface area (Å²) in [5.41, 5.74) is -1.81. The van der Waals surface area contributed by atoms with Crippen LogP contribution in [0.2, 0.25) is 0 Å². The van der Waals surface area contributed by atoms with E-state index in [0.717, 1.165) is 17.0 Å². The number of hydrogen-bond acceptors (Lipinski definition) is 10. The van der Waals surface area contributed by atoms with Gasteiger partial charge in [-0.05, 0) is 69.4 Å². The van der Waals surface area contributed by atoms with Crippen molar-refractivity contribution < 1.29 is 63.8 Å². The van der Waals surface area contributed by atoms with Crippen molar-refractivity contribution >= 4 is 44.6 Å². The third kappa shape index (κ3) is 8.66. The summed E-state index contributed by atoms with van der Waals surface area (Å²) in [7, 11) is -3.14. The fourth-order valence-electron chi connectivity index (χ4n) is 7.75. The summed E-state index contributed by atoms with van der Waals surface area (Å²) in [5, 5.41) is 5.60. The molecule has 2 aromatic rings. The largest absolute Gasteiger partial charge is 0.496 e. The van der Waals surface area contributed by atoms with Crippen LogP contribution in [-0.2, 0) is 29.1 Å². The van der Waals surface area contributed by atoms with Crippen molar-refractivity contribution in [1.29, 1.82) is 0 Å². The minimum absolute atomic E-state index is 0.00872. The number of amides is 4. The lowest BCUT2D eigenvalue weighted by atomic mass is 9.88. The van der Waals surface area contributed by atoms with E-state index in [1.54, 1.807) is 25.1 Å². The van der Waals surface area contributed by atoms with Crippen molar-refractivity contribution in [1.82, 2.24) is 25.2 Å². The standard InChI is InChI=1S/C38H46F5N5O9S/c1-20-7-5-6-8-23-17-37(23,34(51)47-58(53,54)36(19-39)10-11-36)46-31(49)28-16-25(57-32-27-14-24(40)15-29(55-4)26(27)9-12-44-32)18-48(28)33(50)30(21(2)13-20)45-35(52)56-22(3)38(41,42)43/h6,8-9,12,14-15,20-23,25,28,30H,5,7,10-11,13,16-19H2,1-4H3,(H,45,52)(H,46,49)(H,47,51)/b8-6-/t20-,21-,22-,23?,25-,28+,30+,37-/m1/s1. The average molecular weight is 844 g/mol. The van der Waals surface area contributed by atoms with Gasteiger partial charge in [0.15, 0.2) is 6.10 Å². The second-order valence-electron chi connectivity index (χ2n) is 15.9. The molecule has 14 nitrogen and oxygen atoms in total. The number of halogens is 5. The Balaban J connectivity index is 1.36. The lowest BCUT2D eigenvalue weighted by Gasteiger charge is -2.33. The van der Waals surface area contributed by atoms with Gasteiger partial charge in [-0.25, -0.2) is 27.0 Å². The Morgan fingerprint density at radius 3 is 2.52 bits per heavy atom. The predicted molar refractivity (Wildman–Crippen MR) is 197 cm³/mol. The van der Waals surface area contributed by atoms with E-state index >= 15 is 0 Å². The van der Waals surface area contributed by atoms with E-state index in [1.165, 1.54) is 13.3 Å². The van der Waals surface area contributed by atoms with E-state index in [0.29, 0.717) is 31.6 Å². The van der Waals surface area contributed by atoms with Gasteiger partial charge in [-0.1, -0.05) is 26.0 Å². The number of hydrogen-bond donors (Lipinski definition) is 3. The summed E-state index contributed by atoms with van der Waals surface area (Å²) in [6, 6.07) is 0.934. The first-order chi connectivity index (χ1) is 27.2. The van der Waals surface area contributed by atoms with E-state index in [2.05, 4.69) is 20.4 Å². The third-order valence-electron chi connectivity index (χ3n) is 11.6. The molecule has 0 bridgehead atoms. The highest BCUT2D eigenvalue weighted by molar-refractivity contribution is 7.91. The Morgan fingerprint density at radius 1 is 1.14 bits per heavy atom. The third-order valence-corrected chi connectivity index (χ3v) is 13.7. The molecule has 3 N–H and O–H groups in total. The van der Waals surface area contributed by atoms with E-state index < -0.39 is 98.9 Å². The van der Waals surface area contributed by atoms with Gasteiger partial charge in [0.2, 0.25) is 27.7 Å². The Kier molecular flexibility index (Phi) is 11.9. The summed E-state index contributed by atoms with van der Waals surface area (Å²) >= 11 is 0. The van der Waals surface area contributed by atoms with Crippen LogP contribution < -0.4 is 24.8 Å². The van der Waals surface area contributed by atoms with Crippen LogP contribution in [0.15, 0.2) is 36.5 Å². The molecule has 2 aliphatic heterocycles. The van der Waals surface area contributed by atoms with E-state index in [1.807, 2.05) is 11.6 Å². The molecule has 3 heterocycles. The molecule has 6 rings (SSSR count). The molecule has 1 unspecified atom stereocenters. The fourth-order valence-corrected chi connectivity index (χ4v) is 9.18. The number of fused-ring (bicyclic) bond motifs is 3. The van der Waals surface area contributed by atoms with Gasteiger partial charge < -0.3 is 29.7 Å². The zero-order valence-corrected chi connectivity index (χ0v) is 33.1. The first kappa shape index (κ1) is 42.8. The SMILES string of the molecule is COc1cc(F)cc2c(O[C@@H]3C[C@H]4C(=O)N[C@]5(C(=O)NS(=O)(=O)C6(CF)CC6)CC5/C=C\CC[C@@H](C)C[C@@H](C)[C@H](NC(=O)O[C@H](C)C(F)(F)F)C(=O)N4C3)nccc12. The van der Waals surface area contributed by atoms with Gasteiger partial charge in [-0.3, -0.25) is 19.1 Å². The first-order valence-corrected chi connectivity index (χ1v) is 20.5. The van der Waals surface area contributed by atoms with Crippen LogP contribution in [0.1, 0.15) is 65.7 Å². The van der Waals surface area contributed by atoms with Crippen molar-refractivity contribution in [3.8, 4) is 11.6 Å². The van der Waals surface area contributed by atoms with Gasteiger partial charge in [0, 0.05) is 30.0 Å². The molecule has 3 fully saturated rings. The second kappa shape index (κ2) is 16.1. The lowest BCUT2D eigenvalue weighted by molar-refractivity contribution is -0.197. The number of alkyl carbamates (subject to hydrolysis) is 1. The number of aromatic nitrogens is 1. The van der Waals surface area contributed by atoms with Crippen LogP contribution in [0.25, 0.3) is 10.8 Å². The van der Waals surface area contributed by atoms with Gasteiger partial charge in [0.05, 0.1) is 19.0 Å². The van der Waals surface area contributed by atoms with Crippen molar-refractivity contribution in [3.05, 3.63) is 42.4 Å². The maximum Gasteiger partial charge on any atom is 0.425 e. The number of carbonyl (C=O) groups is 4. The summed E-state index contributed by atoms with van der Waals surface area (Å²) in [5.74, 6) is -4.90. The average Bonchev–Trinajstić information content (AvgIpc) is 4.06. The maximum atomic E-state index is 14.7. The topological polar surface area (TPSA) is 182 Å². The van der Waals surface area contributed by atoms with Gasteiger partial charge in [-0.2, -0.15) is 13.2 Å². The number of rotatable bonds is 9. The number of allylic oxidation sites excluding steroid dienone is 1. The molecule has 4 aliphatic rings. The molecule has 1 aromatic carbocycles. The monoisotopic (exact) mass is 843 g/mol. The molecule has 0 spiro atoms. The maximum absolute atomic E-state index is 14.7. The van der Waals surface area contributed by atoms with E-state index in [9.17, 15) is 49.5 Å². The summed E-state index contributed by atoms with van der Waals surface area (Å²) in [6.45, 7) is 2.59. The number of benzene rings is 1. The van der Waals surface area contributed by atoms with Crippen LogP contribution in [0, 0.1) is 23.6 Å². The zero-order valence-electron chi connectivity index (χ0n) is 32.2. The Labute approximate surface area is 331 Å². The number of carbonyl (C=O) groups excluding carboxylic acids is 4. The summed E-state index contributed by atoms with van der Waals surface area (Å²) < 4.78 is 111. The number of ether oxygens (including phenoxy) is 3. The molecule has 4 amide bonds. The van der Waals surface area contributed by atoms with E-state index in [-0.39, 0.29) is 55.2 Å². The molecule has 1 aromatic heterocycles. The number of alkyl halides is 4. The van der Waals surface area contributed by atoms with Crippen LogP contribution in [0.4, 0.5) is 26.7 Å². The highest BCUT2D eigenvalue weighted by atomic mass is 32.2. The molecule has 58 heavy (non-hydrogen) atoms. The highest BCUT2D eigenvalue weighted by Crippen LogP contribution is 2.48. The lowest BCUT2D eigenvalue weighted by Crippen LogP contribution is -2.59. The molecule has 20 heteroatoms. The summed E-state index contributed by atoms with van der Waals surface area (Å²) in [4.78, 5) is 61.1. The van der Waals surface area contributed by atoms with Crippen molar-refractivity contribution in [3.63, 3.8) is 0 Å². The molecule has 2 aliphatic carbocycles. The minimum Gasteiger partial charge on any atom is -0.496 e. The number of nitrogens with zero attached hydrogens (tertiary/aromatic N) is 2. The second-order valence-corrected chi connectivity index (χ2v) is 17.9. The molecular weight excluding hydrogens is 798 g/mol. The Bertz CT molecular complexity index is 2080. The number of nitrogens with one attached hydrogen (secondary N) is 3. The molecule has 8 atom stereocenters. The van der Waals surface area contributed by atoms with Crippen LogP contribution in [-0.4, -0.2) is 103 Å². The van der Waals surface area contributed by atoms with Gasteiger partial charge in [0.25, 0.3) is 5.91 Å². The van der Waals surface area contributed by atoms with Crippen LogP contribution >= 0.6 is 0 Å².